The zero-order valence-electron chi connectivity index (χ0n) is 9.36. The Balaban J connectivity index is 2.01. The van der Waals surface area contributed by atoms with Crippen molar-refractivity contribution in [3.05, 3.63) is 65.5 Å². The first kappa shape index (κ1) is 12.2. The SMILES string of the molecule is O=C(NCc1ncccc1F)c1ccc(F)cc1. The van der Waals surface area contributed by atoms with Crippen LogP contribution in [0.3, 0.4) is 0 Å². The number of carbonyl (C=O) groups is 1. The number of rotatable bonds is 3. The highest BCUT2D eigenvalue weighted by Gasteiger charge is 2.07. The molecule has 0 atom stereocenters. The van der Waals surface area contributed by atoms with E-state index in [1.807, 2.05) is 0 Å². The first-order chi connectivity index (χ1) is 8.66. The maximum atomic E-state index is 13.2. The molecule has 1 N–H and O–H groups in total. The van der Waals surface area contributed by atoms with Crippen molar-refractivity contribution in [3.8, 4) is 0 Å². The van der Waals surface area contributed by atoms with E-state index < -0.39 is 17.5 Å². The lowest BCUT2D eigenvalue weighted by Gasteiger charge is -2.05. The average Bonchev–Trinajstić information content (AvgIpc) is 2.38. The molecular weight excluding hydrogens is 238 g/mol. The Bertz CT molecular complexity index is 555. The Morgan fingerprint density at radius 2 is 1.89 bits per heavy atom. The monoisotopic (exact) mass is 248 g/mol. The van der Waals surface area contributed by atoms with Crippen LogP contribution in [0.15, 0.2) is 42.6 Å². The molecule has 0 saturated heterocycles. The molecule has 0 aliphatic heterocycles. The summed E-state index contributed by atoms with van der Waals surface area (Å²) in [5.74, 6) is -1.29. The van der Waals surface area contributed by atoms with E-state index in [2.05, 4.69) is 10.3 Å². The summed E-state index contributed by atoms with van der Waals surface area (Å²) in [5, 5.41) is 2.51. The molecule has 5 heteroatoms. The fourth-order valence-corrected chi connectivity index (χ4v) is 1.42. The van der Waals surface area contributed by atoms with Crippen molar-refractivity contribution in [3.63, 3.8) is 0 Å². The number of nitrogens with one attached hydrogen (secondary N) is 1. The summed E-state index contributed by atoms with van der Waals surface area (Å²) < 4.78 is 25.9. The van der Waals surface area contributed by atoms with Crippen LogP contribution in [0.2, 0.25) is 0 Å². The minimum Gasteiger partial charge on any atom is -0.346 e. The topological polar surface area (TPSA) is 42.0 Å². The Kier molecular flexibility index (Phi) is 3.62. The van der Waals surface area contributed by atoms with Crippen molar-refractivity contribution in [1.82, 2.24) is 10.3 Å². The van der Waals surface area contributed by atoms with Crippen LogP contribution in [0.1, 0.15) is 16.1 Å². The van der Waals surface area contributed by atoms with Gasteiger partial charge in [0.15, 0.2) is 0 Å². The van der Waals surface area contributed by atoms with Gasteiger partial charge in [0.05, 0.1) is 12.2 Å². The minimum atomic E-state index is -0.475. The molecule has 2 aromatic rings. The number of pyridine rings is 1. The molecule has 0 aliphatic carbocycles. The second-order valence-electron chi connectivity index (χ2n) is 3.62. The summed E-state index contributed by atoms with van der Waals surface area (Å²) in [7, 11) is 0. The summed E-state index contributed by atoms with van der Waals surface area (Å²) in [5.41, 5.74) is 0.473. The zero-order chi connectivity index (χ0) is 13.0. The molecule has 1 heterocycles. The fraction of sp³-hybridized carbons (Fsp3) is 0.0769. The van der Waals surface area contributed by atoms with Crippen LogP contribution < -0.4 is 5.32 Å². The van der Waals surface area contributed by atoms with E-state index in [1.54, 1.807) is 0 Å². The quantitative estimate of drug-likeness (QED) is 0.905. The molecule has 0 aliphatic rings. The molecule has 0 unspecified atom stereocenters. The molecule has 0 fully saturated rings. The second-order valence-corrected chi connectivity index (χ2v) is 3.62. The standard InChI is InChI=1S/C13H10F2N2O/c14-10-5-3-9(4-6-10)13(18)17-8-12-11(15)2-1-7-16-12/h1-7H,8H2,(H,17,18). The lowest BCUT2D eigenvalue weighted by atomic mass is 10.2. The van der Waals surface area contributed by atoms with Gasteiger partial charge in [-0.3, -0.25) is 9.78 Å². The lowest BCUT2D eigenvalue weighted by molar-refractivity contribution is 0.0950. The smallest absolute Gasteiger partial charge is 0.251 e. The molecule has 2 rings (SSSR count). The Morgan fingerprint density at radius 1 is 1.17 bits per heavy atom. The molecule has 0 saturated carbocycles. The largest absolute Gasteiger partial charge is 0.346 e. The van der Waals surface area contributed by atoms with E-state index in [1.165, 1.54) is 42.6 Å². The van der Waals surface area contributed by atoms with Gasteiger partial charge in [0.2, 0.25) is 0 Å². The number of carbonyl (C=O) groups excluding carboxylic acids is 1. The third-order valence-electron chi connectivity index (χ3n) is 2.36. The average molecular weight is 248 g/mol. The highest BCUT2D eigenvalue weighted by Crippen LogP contribution is 2.05. The lowest BCUT2D eigenvalue weighted by Crippen LogP contribution is -2.23. The van der Waals surface area contributed by atoms with Crippen LogP contribution in [0.5, 0.6) is 0 Å². The zero-order valence-corrected chi connectivity index (χ0v) is 9.36. The van der Waals surface area contributed by atoms with E-state index in [0.29, 0.717) is 5.56 Å². The van der Waals surface area contributed by atoms with Gasteiger partial charge in [-0.05, 0) is 36.4 Å². The molecule has 1 aromatic carbocycles. The fourth-order valence-electron chi connectivity index (χ4n) is 1.42. The molecule has 0 spiro atoms. The van der Waals surface area contributed by atoms with Crippen LogP contribution in [0, 0.1) is 11.6 Å². The van der Waals surface area contributed by atoms with Crippen LogP contribution in [0.4, 0.5) is 8.78 Å². The Labute approximate surface area is 102 Å². The van der Waals surface area contributed by atoms with Crippen LogP contribution in [0.25, 0.3) is 0 Å². The van der Waals surface area contributed by atoms with Crippen molar-refractivity contribution in [2.24, 2.45) is 0 Å². The first-order valence-corrected chi connectivity index (χ1v) is 5.30. The van der Waals surface area contributed by atoms with Gasteiger partial charge in [-0.25, -0.2) is 8.78 Å². The molecule has 92 valence electrons. The summed E-state index contributed by atoms with van der Waals surface area (Å²) in [4.78, 5) is 15.5. The van der Waals surface area contributed by atoms with Gasteiger partial charge in [0.25, 0.3) is 5.91 Å². The van der Waals surface area contributed by atoms with E-state index in [4.69, 9.17) is 0 Å². The van der Waals surface area contributed by atoms with Crippen molar-refractivity contribution in [2.45, 2.75) is 6.54 Å². The van der Waals surface area contributed by atoms with Crippen LogP contribution in [-0.2, 0) is 6.54 Å². The van der Waals surface area contributed by atoms with Crippen LogP contribution >= 0.6 is 0 Å². The van der Waals surface area contributed by atoms with E-state index in [9.17, 15) is 13.6 Å². The third kappa shape index (κ3) is 2.88. The maximum absolute atomic E-state index is 13.2. The van der Waals surface area contributed by atoms with Gasteiger partial charge >= 0.3 is 0 Å². The van der Waals surface area contributed by atoms with Crippen molar-refractivity contribution in [2.75, 3.05) is 0 Å². The predicted octanol–water partition coefficient (Wildman–Crippen LogP) is 2.29. The molecule has 0 radical (unpaired) electrons. The number of amides is 1. The highest BCUT2D eigenvalue weighted by molar-refractivity contribution is 5.94. The van der Waals surface area contributed by atoms with Gasteiger partial charge < -0.3 is 5.32 Å². The van der Waals surface area contributed by atoms with E-state index in [-0.39, 0.29) is 12.2 Å². The number of aromatic nitrogens is 1. The molecule has 1 aromatic heterocycles. The maximum Gasteiger partial charge on any atom is 0.251 e. The summed E-state index contributed by atoms with van der Waals surface area (Å²) in [6.45, 7) is -0.0110. The van der Waals surface area contributed by atoms with Gasteiger partial charge in [-0.1, -0.05) is 0 Å². The summed E-state index contributed by atoms with van der Waals surface area (Å²) in [6, 6.07) is 7.85. The normalized spacial score (nSPS) is 10.1. The number of hydrogen-bond acceptors (Lipinski definition) is 2. The Hall–Kier alpha value is -2.30. The van der Waals surface area contributed by atoms with E-state index in [0.717, 1.165) is 0 Å². The van der Waals surface area contributed by atoms with E-state index >= 15 is 0 Å². The predicted molar refractivity (Wildman–Crippen MR) is 61.8 cm³/mol. The minimum absolute atomic E-state index is 0.0110. The highest BCUT2D eigenvalue weighted by atomic mass is 19.1. The molecule has 3 nitrogen and oxygen atoms in total. The second kappa shape index (κ2) is 5.35. The van der Waals surface area contributed by atoms with Crippen molar-refractivity contribution < 1.29 is 13.6 Å². The molecule has 0 bridgehead atoms. The van der Waals surface area contributed by atoms with Crippen molar-refractivity contribution in [1.29, 1.82) is 0 Å². The summed E-state index contributed by atoms with van der Waals surface area (Å²) >= 11 is 0. The molecule has 18 heavy (non-hydrogen) atoms. The van der Waals surface area contributed by atoms with Gasteiger partial charge in [0, 0.05) is 11.8 Å². The number of nitrogens with zero attached hydrogens (tertiary/aromatic N) is 1. The number of halogens is 2. The molecular formula is C13H10F2N2O. The van der Waals surface area contributed by atoms with Gasteiger partial charge in [0.1, 0.15) is 11.6 Å². The first-order valence-electron chi connectivity index (χ1n) is 5.30. The third-order valence-corrected chi connectivity index (χ3v) is 2.36. The molecule has 1 amide bonds. The number of benzene rings is 1. The van der Waals surface area contributed by atoms with Gasteiger partial charge in [-0.2, -0.15) is 0 Å². The summed E-state index contributed by atoms with van der Waals surface area (Å²) in [6.07, 6.45) is 1.45. The van der Waals surface area contributed by atoms with Gasteiger partial charge in [-0.15, -0.1) is 0 Å². The van der Waals surface area contributed by atoms with Crippen molar-refractivity contribution >= 4 is 5.91 Å². The Morgan fingerprint density at radius 3 is 2.56 bits per heavy atom. The number of hydrogen-bond donors (Lipinski definition) is 1. The van der Waals surface area contributed by atoms with Crippen LogP contribution in [-0.4, -0.2) is 10.9 Å².